The number of methoxy groups -OCH3 is 1. The SMILES string of the molecule is COc1ccc2nc(Cl)c(NCCCCNC(=O)OC(C)(C)C)nc2c1Cl. The van der Waals surface area contributed by atoms with Gasteiger partial charge in [-0.25, -0.2) is 14.8 Å². The molecule has 2 aromatic rings. The molecule has 0 saturated carbocycles. The molecule has 0 aliphatic heterocycles. The molecule has 0 atom stereocenters. The minimum absolute atomic E-state index is 0.274. The van der Waals surface area contributed by atoms with Crippen molar-refractivity contribution in [3.05, 3.63) is 22.3 Å². The zero-order valence-corrected chi connectivity index (χ0v) is 17.4. The number of benzene rings is 1. The molecule has 1 heterocycles. The highest BCUT2D eigenvalue weighted by Crippen LogP contribution is 2.32. The summed E-state index contributed by atoms with van der Waals surface area (Å²) >= 11 is 12.5. The van der Waals surface area contributed by atoms with Crippen LogP contribution in [0.2, 0.25) is 10.2 Å². The van der Waals surface area contributed by atoms with Crippen LogP contribution in [0.4, 0.5) is 10.6 Å². The average molecular weight is 415 g/mol. The normalized spacial score (nSPS) is 11.3. The second kappa shape index (κ2) is 9.28. The Morgan fingerprint density at radius 1 is 1.15 bits per heavy atom. The van der Waals surface area contributed by atoms with Crippen LogP contribution >= 0.6 is 23.2 Å². The minimum Gasteiger partial charge on any atom is -0.495 e. The molecule has 27 heavy (non-hydrogen) atoms. The van der Waals surface area contributed by atoms with Gasteiger partial charge in [-0.15, -0.1) is 0 Å². The summed E-state index contributed by atoms with van der Waals surface area (Å²) in [6.07, 6.45) is 1.17. The molecule has 1 aromatic carbocycles. The van der Waals surface area contributed by atoms with E-state index in [1.807, 2.05) is 20.8 Å². The Balaban J connectivity index is 1.85. The summed E-state index contributed by atoms with van der Waals surface area (Å²) in [5, 5.41) is 6.53. The molecule has 0 saturated heterocycles. The number of hydrogen-bond donors (Lipinski definition) is 2. The maximum Gasteiger partial charge on any atom is 0.407 e. The molecule has 0 aliphatic rings. The fraction of sp³-hybridized carbons (Fsp3) is 0.500. The van der Waals surface area contributed by atoms with Gasteiger partial charge < -0.3 is 20.1 Å². The summed E-state index contributed by atoms with van der Waals surface area (Å²) in [5.41, 5.74) is 0.619. The molecule has 2 rings (SSSR count). The van der Waals surface area contributed by atoms with Crippen molar-refractivity contribution >= 4 is 46.1 Å². The molecule has 0 aliphatic carbocycles. The van der Waals surface area contributed by atoms with E-state index in [1.165, 1.54) is 0 Å². The number of nitrogens with one attached hydrogen (secondary N) is 2. The number of rotatable bonds is 7. The molecule has 9 heteroatoms. The molecule has 0 spiro atoms. The van der Waals surface area contributed by atoms with E-state index in [-0.39, 0.29) is 5.15 Å². The second-order valence-corrected chi connectivity index (χ2v) is 7.61. The van der Waals surface area contributed by atoms with Crippen molar-refractivity contribution in [1.82, 2.24) is 15.3 Å². The lowest BCUT2D eigenvalue weighted by Gasteiger charge is -2.19. The standard InChI is InChI=1S/C18H24Cl2N4O3/c1-18(2,3)27-17(25)22-10-6-5-9-21-16-15(20)23-11-7-8-12(26-4)13(19)14(11)24-16/h7-8H,5-6,9-10H2,1-4H3,(H,21,24)(H,22,25). The highest BCUT2D eigenvalue weighted by Gasteiger charge is 2.15. The first-order valence-electron chi connectivity index (χ1n) is 8.61. The number of amides is 1. The first-order chi connectivity index (χ1) is 12.7. The molecular formula is C18H24Cl2N4O3. The molecule has 0 radical (unpaired) electrons. The number of alkyl carbamates (subject to hydrolysis) is 1. The van der Waals surface area contributed by atoms with Crippen LogP contribution < -0.4 is 15.4 Å². The summed E-state index contributed by atoms with van der Waals surface area (Å²) in [4.78, 5) is 20.3. The van der Waals surface area contributed by atoms with Gasteiger partial charge in [-0.05, 0) is 45.7 Å². The number of ether oxygens (including phenoxy) is 2. The predicted octanol–water partition coefficient (Wildman–Crippen LogP) is 4.66. The molecule has 0 bridgehead atoms. The van der Waals surface area contributed by atoms with Crippen LogP contribution in [0, 0.1) is 0 Å². The number of carbonyl (C=O) groups is 1. The molecule has 0 fully saturated rings. The van der Waals surface area contributed by atoms with Crippen LogP contribution in [-0.2, 0) is 4.74 Å². The first kappa shape index (κ1) is 21.3. The Kier molecular flexibility index (Phi) is 7.33. The van der Waals surface area contributed by atoms with Gasteiger partial charge in [-0.3, -0.25) is 0 Å². The maximum atomic E-state index is 11.6. The summed E-state index contributed by atoms with van der Waals surface area (Å²) in [6.45, 7) is 6.63. The fourth-order valence-corrected chi connectivity index (χ4v) is 2.76. The highest BCUT2D eigenvalue weighted by atomic mass is 35.5. The number of aromatic nitrogens is 2. The van der Waals surface area contributed by atoms with Gasteiger partial charge in [0.1, 0.15) is 21.9 Å². The number of anilines is 1. The smallest absolute Gasteiger partial charge is 0.407 e. The minimum atomic E-state index is -0.499. The van der Waals surface area contributed by atoms with E-state index in [2.05, 4.69) is 20.6 Å². The van der Waals surface area contributed by atoms with Crippen molar-refractivity contribution < 1.29 is 14.3 Å². The van der Waals surface area contributed by atoms with Crippen LogP contribution in [0.25, 0.3) is 11.0 Å². The molecule has 2 N–H and O–H groups in total. The van der Waals surface area contributed by atoms with Crippen LogP contribution in [-0.4, -0.2) is 41.9 Å². The number of halogens is 2. The molecule has 148 valence electrons. The number of hydrogen-bond acceptors (Lipinski definition) is 6. The van der Waals surface area contributed by atoms with E-state index >= 15 is 0 Å². The summed E-state index contributed by atoms with van der Waals surface area (Å²) < 4.78 is 10.4. The molecule has 1 amide bonds. The Bertz CT molecular complexity index is 809. The van der Waals surface area contributed by atoms with Gasteiger partial charge in [0.2, 0.25) is 0 Å². The van der Waals surface area contributed by atoms with Crippen molar-refractivity contribution in [2.24, 2.45) is 0 Å². The van der Waals surface area contributed by atoms with Gasteiger partial charge >= 0.3 is 6.09 Å². The molecular weight excluding hydrogens is 391 g/mol. The molecule has 0 unspecified atom stereocenters. The van der Waals surface area contributed by atoms with E-state index in [4.69, 9.17) is 32.7 Å². The lowest BCUT2D eigenvalue weighted by molar-refractivity contribution is 0.0527. The van der Waals surface area contributed by atoms with E-state index in [1.54, 1.807) is 19.2 Å². The van der Waals surface area contributed by atoms with Crippen molar-refractivity contribution in [3.8, 4) is 5.75 Å². The second-order valence-electron chi connectivity index (χ2n) is 6.88. The lowest BCUT2D eigenvalue weighted by Crippen LogP contribution is -2.33. The van der Waals surface area contributed by atoms with Gasteiger partial charge in [-0.1, -0.05) is 23.2 Å². The van der Waals surface area contributed by atoms with Crippen LogP contribution in [0.15, 0.2) is 12.1 Å². The van der Waals surface area contributed by atoms with Gasteiger partial charge in [0.15, 0.2) is 11.0 Å². The third-order valence-electron chi connectivity index (χ3n) is 3.48. The summed E-state index contributed by atoms with van der Waals surface area (Å²) in [5.74, 6) is 0.986. The van der Waals surface area contributed by atoms with Gasteiger partial charge in [-0.2, -0.15) is 0 Å². The predicted molar refractivity (Wildman–Crippen MR) is 108 cm³/mol. The van der Waals surface area contributed by atoms with Crippen molar-refractivity contribution in [2.45, 2.75) is 39.2 Å². The zero-order chi connectivity index (χ0) is 20.0. The van der Waals surface area contributed by atoms with Gasteiger partial charge in [0.25, 0.3) is 0 Å². The van der Waals surface area contributed by atoms with Crippen LogP contribution in [0.1, 0.15) is 33.6 Å². The van der Waals surface area contributed by atoms with Crippen LogP contribution in [0.5, 0.6) is 5.75 Å². The Hall–Kier alpha value is -1.99. The summed E-state index contributed by atoms with van der Waals surface area (Å²) in [6, 6.07) is 3.48. The maximum absolute atomic E-state index is 11.6. The Morgan fingerprint density at radius 3 is 2.52 bits per heavy atom. The molecule has 7 nitrogen and oxygen atoms in total. The first-order valence-corrected chi connectivity index (χ1v) is 9.37. The number of fused-ring (bicyclic) bond motifs is 1. The third kappa shape index (κ3) is 6.29. The number of carbonyl (C=O) groups excluding carboxylic acids is 1. The van der Waals surface area contributed by atoms with E-state index in [9.17, 15) is 4.79 Å². The summed E-state index contributed by atoms with van der Waals surface area (Å²) in [7, 11) is 1.54. The van der Waals surface area contributed by atoms with Crippen molar-refractivity contribution in [3.63, 3.8) is 0 Å². The van der Waals surface area contributed by atoms with Gasteiger partial charge in [0.05, 0.1) is 12.6 Å². The van der Waals surface area contributed by atoms with Crippen LogP contribution in [0.3, 0.4) is 0 Å². The fourth-order valence-electron chi connectivity index (χ4n) is 2.28. The van der Waals surface area contributed by atoms with Crippen molar-refractivity contribution in [1.29, 1.82) is 0 Å². The quantitative estimate of drug-likeness (QED) is 0.640. The number of nitrogens with zero attached hydrogens (tertiary/aromatic N) is 2. The molecule has 1 aromatic heterocycles. The monoisotopic (exact) mass is 414 g/mol. The highest BCUT2D eigenvalue weighted by molar-refractivity contribution is 6.37. The van der Waals surface area contributed by atoms with E-state index < -0.39 is 11.7 Å². The number of unbranched alkanes of at least 4 members (excludes halogenated alkanes) is 1. The Labute approximate surface area is 168 Å². The van der Waals surface area contributed by atoms with E-state index in [0.29, 0.717) is 40.7 Å². The topological polar surface area (TPSA) is 85.4 Å². The lowest BCUT2D eigenvalue weighted by atomic mass is 10.2. The average Bonchev–Trinajstić information content (AvgIpc) is 2.57. The Morgan fingerprint density at radius 2 is 1.85 bits per heavy atom. The van der Waals surface area contributed by atoms with E-state index in [0.717, 1.165) is 12.8 Å². The third-order valence-corrected chi connectivity index (χ3v) is 4.11. The largest absolute Gasteiger partial charge is 0.495 e. The zero-order valence-electron chi connectivity index (χ0n) is 15.9. The van der Waals surface area contributed by atoms with Crippen molar-refractivity contribution in [2.75, 3.05) is 25.5 Å². The van der Waals surface area contributed by atoms with Gasteiger partial charge in [0, 0.05) is 13.1 Å².